The summed E-state index contributed by atoms with van der Waals surface area (Å²) in [6.07, 6.45) is 1.000. The lowest BCUT2D eigenvalue weighted by atomic mass is 10.1. The number of nitrogens with two attached hydrogens (primary N) is 1. The molecule has 0 unspecified atom stereocenters. The van der Waals surface area contributed by atoms with E-state index in [2.05, 4.69) is 51.7 Å². The van der Waals surface area contributed by atoms with Crippen molar-refractivity contribution < 1.29 is 4.79 Å². The number of thiazole rings is 1. The summed E-state index contributed by atoms with van der Waals surface area (Å²) in [5, 5.41) is 15.7. The molecule has 0 bridgehead atoms. The Morgan fingerprint density at radius 2 is 2.03 bits per heavy atom. The molecule has 3 heterocycles. The summed E-state index contributed by atoms with van der Waals surface area (Å²) in [5.41, 5.74) is 3.16. The van der Waals surface area contributed by atoms with E-state index in [9.17, 15) is 4.79 Å². The molecule has 0 aliphatic carbocycles. The molecule has 4 aromatic rings. The Balaban J connectivity index is 1.40. The minimum Gasteiger partial charge on any atom is -0.335 e. The molecule has 0 saturated heterocycles. The van der Waals surface area contributed by atoms with E-state index >= 15 is 0 Å². The summed E-state index contributed by atoms with van der Waals surface area (Å²) >= 11 is 4.19. The van der Waals surface area contributed by atoms with E-state index in [0.717, 1.165) is 22.6 Å². The van der Waals surface area contributed by atoms with Crippen molar-refractivity contribution in [2.24, 2.45) is 0 Å². The van der Waals surface area contributed by atoms with Crippen LogP contribution in [0.25, 0.3) is 22.0 Å². The topological polar surface area (TPSA) is 98.7 Å². The van der Waals surface area contributed by atoms with Gasteiger partial charge in [0.05, 0.1) is 15.8 Å². The highest BCUT2D eigenvalue weighted by molar-refractivity contribution is 8.00. The molecular weight excluding hydrogens is 436 g/mol. The maximum Gasteiger partial charge on any atom is 0.239 e. The van der Waals surface area contributed by atoms with Crippen molar-refractivity contribution in [2.75, 3.05) is 11.2 Å². The van der Waals surface area contributed by atoms with Crippen LogP contribution in [0.4, 0.5) is 5.13 Å². The SMILES string of the molecule is CCc1ccc(-c2csc(NC(=O)[C@H](C)Sc3nnc(-c4cccs4)n3N)n2)cc1. The molecule has 10 heteroatoms. The standard InChI is InChI=1S/C20H20N6OS3/c1-3-13-6-8-14(9-7-13)15-11-29-19(22-15)23-18(27)12(2)30-20-25-24-17(26(20)21)16-5-4-10-28-16/h4-12H,3,21H2,1-2H3,(H,22,23,27)/t12-/m0/s1. The molecule has 7 nitrogen and oxygen atoms in total. The third kappa shape index (κ3) is 4.40. The van der Waals surface area contributed by atoms with Gasteiger partial charge in [-0.25, -0.2) is 9.66 Å². The van der Waals surface area contributed by atoms with Gasteiger partial charge in [0.15, 0.2) is 11.0 Å². The highest BCUT2D eigenvalue weighted by Gasteiger charge is 2.21. The number of nitrogens with one attached hydrogen (secondary N) is 1. The van der Waals surface area contributed by atoms with E-state index in [0.29, 0.717) is 16.1 Å². The van der Waals surface area contributed by atoms with Crippen molar-refractivity contribution in [3.05, 3.63) is 52.7 Å². The van der Waals surface area contributed by atoms with Gasteiger partial charge in [0.25, 0.3) is 0 Å². The van der Waals surface area contributed by atoms with Gasteiger partial charge in [-0.15, -0.1) is 32.9 Å². The molecule has 1 aromatic carbocycles. The second kappa shape index (κ2) is 8.99. The van der Waals surface area contributed by atoms with E-state index in [1.165, 1.54) is 44.7 Å². The van der Waals surface area contributed by atoms with Crippen LogP contribution >= 0.6 is 34.4 Å². The lowest BCUT2D eigenvalue weighted by molar-refractivity contribution is -0.115. The fraction of sp³-hybridized carbons (Fsp3) is 0.200. The van der Waals surface area contributed by atoms with Crippen LogP contribution in [-0.2, 0) is 11.2 Å². The number of thioether (sulfide) groups is 1. The molecule has 3 aromatic heterocycles. The number of carbonyl (C=O) groups excluding carboxylic acids is 1. The van der Waals surface area contributed by atoms with E-state index in [4.69, 9.17) is 5.84 Å². The Kier molecular flexibility index (Phi) is 6.16. The van der Waals surface area contributed by atoms with Crippen LogP contribution in [0.15, 0.2) is 52.3 Å². The molecule has 0 spiro atoms. The fourth-order valence-corrected chi connectivity index (χ4v) is 4.92. The summed E-state index contributed by atoms with van der Waals surface area (Å²) in [6, 6.07) is 12.2. The molecule has 0 aliphatic heterocycles. The highest BCUT2D eigenvalue weighted by Crippen LogP contribution is 2.29. The number of rotatable bonds is 7. The molecule has 0 aliphatic rings. The summed E-state index contributed by atoms with van der Waals surface area (Å²) in [7, 11) is 0. The Bertz CT molecular complexity index is 1130. The van der Waals surface area contributed by atoms with Gasteiger partial charge in [0.2, 0.25) is 11.1 Å². The highest BCUT2D eigenvalue weighted by atomic mass is 32.2. The van der Waals surface area contributed by atoms with Crippen LogP contribution in [0.2, 0.25) is 0 Å². The average molecular weight is 457 g/mol. The maximum atomic E-state index is 12.6. The summed E-state index contributed by atoms with van der Waals surface area (Å²) in [5.74, 6) is 6.54. The van der Waals surface area contributed by atoms with Gasteiger partial charge in [0, 0.05) is 10.9 Å². The second-order valence-electron chi connectivity index (χ2n) is 6.49. The molecule has 154 valence electrons. The smallest absolute Gasteiger partial charge is 0.239 e. The van der Waals surface area contributed by atoms with Crippen LogP contribution in [-0.4, -0.2) is 31.0 Å². The van der Waals surface area contributed by atoms with Crippen molar-refractivity contribution in [3.63, 3.8) is 0 Å². The van der Waals surface area contributed by atoms with Gasteiger partial charge in [-0.3, -0.25) is 4.79 Å². The Morgan fingerprint density at radius 3 is 2.73 bits per heavy atom. The molecule has 3 N–H and O–H groups in total. The maximum absolute atomic E-state index is 12.6. The number of thiophene rings is 1. The van der Waals surface area contributed by atoms with Crippen molar-refractivity contribution in [1.82, 2.24) is 19.9 Å². The summed E-state index contributed by atoms with van der Waals surface area (Å²) in [4.78, 5) is 18.1. The summed E-state index contributed by atoms with van der Waals surface area (Å²) < 4.78 is 1.42. The molecule has 4 rings (SSSR count). The number of benzene rings is 1. The summed E-state index contributed by atoms with van der Waals surface area (Å²) in [6.45, 7) is 3.93. The first kappa shape index (κ1) is 20.6. The van der Waals surface area contributed by atoms with Crippen molar-refractivity contribution in [1.29, 1.82) is 0 Å². The molecule has 0 radical (unpaired) electrons. The number of aromatic nitrogens is 4. The van der Waals surface area contributed by atoms with Gasteiger partial charge >= 0.3 is 0 Å². The number of carbonyl (C=O) groups is 1. The predicted octanol–water partition coefficient (Wildman–Crippen LogP) is 4.53. The lowest BCUT2D eigenvalue weighted by Crippen LogP contribution is -2.23. The van der Waals surface area contributed by atoms with E-state index < -0.39 is 5.25 Å². The third-order valence-corrected chi connectivity index (χ3v) is 7.13. The molecule has 0 fully saturated rings. The first-order valence-corrected chi connectivity index (χ1v) is 12.0. The largest absolute Gasteiger partial charge is 0.335 e. The number of aryl methyl sites for hydroxylation is 1. The molecule has 0 saturated carbocycles. The van der Waals surface area contributed by atoms with Gasteiger partial charge in [-0.1, -0.05) is 49.0 Å². The predicted molar refractivity (Wildman–Crippen MR) is 124 cm³/mol. The molecule has 1 amide bonds. The van der Waals surface area contributed by atoms with Gasteiger partial charge in [0.1, 0.15) is 0 Å². The third-order valence-electron chi connectivity index (χ3n) is 4.45. The zero-order chi connectivity index (χ0) is 21.1. The Labute approximate surface area is 186 Å². The minimum absolute atomic E-state index is 0.164. The second-order valence-corrected chi connectivity index (χ2v) is 9.60. The van der Waals surface area contributed by atoms with Crippen LogP contribution in [0.5, 0.6) is 0 Å². The van der Waals surface area contributed by atoms with Crippen molar-refractivity contribution >= 4 is 45.5 Å². The number of nitrogens with zero attached hydrogens (tertiary/aromatic N) is 4. The number of amides is 1. The average Bonchev–Trinajstić information content (AvgIpc) is 3.51. The van der Waals surface area contributed by atoms with Crippen molar-refractivity contribution in [3.8, 4) is 22.0 Å². The van der Waals surface area contributed by atoms with Gasteiger partial charge in [-0.2, -0.15) is 0 Å². The zero-order valence-electron chi connectivity index (χ0n) is 16.4. The van der Waals surface area contributed by atoms with Gasteiger partial charge in [-0.05, 0) is 30.4 Å². The molecule has 1 atom stereocenters. The number of hydrogen-bond acceptors (Lipinski definition) is 8. The molecule has 30 heavy (non-hydrogen) atoms. The fourth-order valence-electron chi connectivity index (χ4n) is 2.72. The monoisotopic (exact) mass is 456 g/mol. The van der Waals surface area contributed by atoms with E-state index in [1.54, 1.807) is 6.92 Å². The van der Waals surface area contributed by atoms with Crippen LogP contribution in [0.3, 0.4) is 0 Å². The zero-order valence-corrected chi connectivity index (χ0v) is 18.9. The normalized spacial score (nSPS) is 12.1. The first-order valence-electron chi connectivity index (χ1n) is 9.32. The van der Waals surface area contributed by atoms with Crippen LogP contribution < -0.4 is 11.2 Å². The van der Waals surface area contributed by atoms with Gasteiger partial charge < -0.3 is 11.2 Å². The molecular formula is C20H20N6OS3. The minimum atomic E-state index is -0.413. The van der Waals surface area contributed by atoms with Crippen molar-refractivity contribution in [2.45, 2.75) is 30.7 Å². The van der Waals surface area contributed by atoms with E-state index in [1.807, 2.05) is 22.9 Å². The Hall–Kier alpha value is -2.69. The van der Waals surface area contributed by atoms with E-state index in [-0.39, 0.29) is 5.91 Å². The first-order chi connectivity index (χ1) is 14.5. The number of hydrogen-bond donors (Lipinski definition) is 2. The van der Waals surface area contributed by atoms with Crippen LogP contribution in [0.1, 0.15) is 19.4 Å². The Morgan fingerprint density at radius 1 is 1.23 bits per heavy atom. The number of anilines is 1. The van der Waals surface area contributed by atoms with Crippen LogP contribution in [0, 0.1) is 0 Å². The lowest BCUT2D eigenvalue weighted by Gasteiger charge is -2.09. The quantitative estimate of drug-likeness (QED) is 0.313. The number of nitrogen functional groups attached to an aromatic ring is 1.